The highest BCUT2D eigenvalue weighted by Crippen LogP contribution is 2.25. The van der Waals surface area contributed by atoms with Gasteiger partial charge in [-0.3, -0.25) is 10.1 Å². The van der Waals surface area contributed by atoms with E-state index in [1.165, 1.54) is 10.7 Å². The zero-order chi connectivity index (χ0) is 12.6. The van der Waals surface area contributed by atoms with Crippen molar-refractivity contribution in [2.24, 2.45) is 0 Å². The van der Waals surface area contributed by atoms with Crippen LogP contribution in [-0.2, 0) is 0 Å². The molecule has 0 aliphatic rings. The molecule has 0 amide bonds. The van der Waals surface area contributed by atoms with E-state index >= 15 is 0 Å². The molecular formula is C11H12N4O2. The second kappa shape index (κ2) is 3.89. The van der Waals surface area contributed by atoms with E-state index in [4.69, 9.17) is 5.73 Å². The number of hydrogen-bond acceptors (Lipinski definition) is 4. The van der Waals surface area contributed by atoms with Gasteiger partial charge < -0.3 is 5.73 Å². The number of aryl methyl sites for hydroxylation is 2. The van der Waals surface area contributed by atoms with Crippen molar-refractivity contribution >= 4 is 11.5 Å². The minimum Gasteiger partial charge on any atom is -0.382 e. The lowest BCUT2D eigenvalue weighted by atomic mass is 10.2. The lowest BCUT2D eigenvalue weighted by molar-refractivity contribution is -0.384. The maximum Gasteiger partial charge on any atom is 0.295 e. The third-order valence-corrected chi connectivity index (χ3v) is 2.46. The van der Waals surface area contributed by atoms with Crippen molar-refractivity contribution in [1.82, 2.24) is 9.78 Å². The van der Waals surface area contributed by atoms with E-state index in [9.17, 15) is 10.1 Å². The topological polar surface area (TPSA) is 87.0 Å². The van der Waals surface area contributed by atoms with Crippen molar-refractivity contribution < 1.29 is 4.92 Å². The molecule has 1 aromatic carbocycles. The highest BCUT2D eigenvalue weighted by molar-refractivity contribution is 5.55. The van der Waals surface area contributed by atoms with Crippen LogP contribution < -0.4 is 5.73 Å². The van der Waals surface area contributed by atoms with Crippen LogP contribution in [0.15, 0.2) is 24.3 Å². The molecule has 2 N–H and O–H groups in total. The average Bonchev–Trinajstić information content (AvgIpc) is 2.57. The van der Waals surface area contributed by atoms with E-state index in [0.29, 0.717) is 11.5 Å². The highest BCUT2D eigenvalue weighted by atomic mass is 16.6. The van der Waals surface area contributed by atoms with Crippen LogP contribution in [0.5, 0.6) is 0 Å². The third-order valence-electron chi connectivity index (χ3n) is 2.46. The van der Waals surface area contributed by atoms with Gasteiger partial charge in [-0.05, 0) is 25.5 Å². The first-order valence-electron chi connectivity index (χ1n) is 5.06. The monoisotopic (exact) mass is 232 g/mol. The van der Waals surface area contributed by atoms with Crippen LogP contribution in [-0.4, -0.2) is 14.7 Å². The Hall–Kier alpha value is -2.37. The maximum atomic E-state index is 11.0. The predicted molar refractivity (Wildman–Crippen MR) is 64.1 cm³/mol. The molecule has 0 bridgehead atoms. The maximum absolute atomic E-state index is 11.0. The first kappa shape index (κ1) is 11.1. The van der Waals surface area contributed by atoms with Gasteiger partial charge in [0.05, 0.1) is 4.92 Å². The summed E-state index contributed by atoms with van der Waals surface area (Å²) < 4.78 is 1.48. The van der Waals surface area contributed by atoms with Crippen molar-refractivity contribution in [3.63, 3.8) is 0 Å². The van der Waals surface area contributed by atoms with Gasteiger partial charge in [-0.25, -0.2) is 4.68 Å². The summed E-state index contributed by atoms with van der Waals surface area (Å²) in [5, 5.41) is 15.0. The van der Waals surface area contributed by atoms with Crippen molar-refractivity contribution in [3.05, 3.63) is 45.6 Å². The van der Waals surface area contributed by atoms with E-state index in [0.717, 1.165) is 11.3 Å². The summed E-state index contributed by atoms with van der Waals surface area (Å²) >= 11 is 0. The molecule has 6 heteroatoms. The average molecular weight is 232 g/mol. The minimum absolute atomic E-state index is 0.0243. The summed E-state index contributed by atoms with van der Waals surface area (Å²) in [6.45, 7) is 3.61. The Morgan fingerprint density at radius 3 is 2.59 bits per heavy atom. The zero-order valence-electron chi connectivity index (χ0n) is 9.54. The molecule has 0 radical (unpaired) electrons. The van der Waals surface area contributed by atoms with Gasteiger partial charge in [-0.15, -0.1) is 0 Å². The van der Waals surface area contributed by atoms with Gasteiger partial charge in [0.15, 0.2) is 0 Å². The van der Waals surface area contributed by atoms with Gasteiger partial charge >= 0.3 is 0 Å². The Balaban J connectivity index is 2.67. The lowest BCUT2D eigenvalue weighted by Crippen LogP contribution is -2.04. The summed E-state index contributed by atoms with van der Waals surface area (Å²) in [7, 11) is 0. The Kier molecular flexibility index (Phi) is 2.55. The number of benzene rings is 1. The summed E-state index contributed by atoms with van der Waals surface area (Å²) in [4.78, 5) is 10.6. The highest BCUT2D eigenvalue weighted by Gasteiger charge is 2.17. The fraction of sp³-hybridized carbons (Fsp3) is 0.182. The van der Waals surface area contributed by atoms with E-state index in [-0.39, 0.29) is 5.69 Å². The van der Waals surface area contributed by atoms with E-state index in [2.05, 4.69) is 5.10 Å². The summed E-state index contributed by atoms with van der Waals surface area (Å²) in [5.41, 5.74) is 7.61. The van der Waals surface area contributed by atoms with Gasteiger partial charge in [-0.2, -0.15) is 5.10 Å². The second-order valence-electron chi connectivity index (χ2n) is 3.87. The fourth-order valence-electron chi connectivity index (χ4n) is 1.70. The Morgan fingerprint density at radius 1 is 1.35 bits per heavy atom. The molecule has 1 aromatic heterocycles. The van der Waals surface area contributed by atoms with Crippen LogP contribution in [0.3, 0.4) is 0 Å². The van der Waals surface area contributed by atoms with Crippen molar-refractivity contribution in [1.29, 1.82) is 0 Å². The first-order chi connectivity index (χ1) is 7.99. The number of anilines is 1. The first-order valence-corrected chi connectivity index (χ1v) is 5.06. The standard InChI is InChI=1S/C11H12N4O2/c1-7-3-4-9(10(5-7)15(16)17)14-8(2)6-11(12)13-14/h3-6H,1-2H3,(H2,12,13). The van der Waals surface area contributed by atoms with E-state index in [1.807, 2.05) is 0 Å². The number of nitrogens with two attached hydrogens (primary N) is 1. The molecule has 0 aliphatic heterocycles. The lowest BCUT2D eigenvalue weighted by Gasteiger charge is -2.05. The number of nitrogens with zero attached hydrogens (tertiary/aromatic N) is 3. The van der Waals surface area contributed by atoms with Crippen molar-refractivity contribution in [2.45, 2.75) is 13.8 Å². The van der Waals surface area contributed by atoms with Crippen LogP contribution in [0, 0.1) is 24.0 Å². The van der Waals surface area contributed by atoms with E-state index in [1.54, 1.807) is 32.0 Å². The van der Waals surface area contributed by atoms with Crippen LogP contribution >= 0.6 is 0 Å². The fourth-order valence-corrected chi connectivity index (χ4v) is 1.70. The number of nitrogen functional groups attached to an aromatic ring is 1. The largest absolute Gasteiger partial charge is 0.382 e. The SMILES string of the molecule is Cc1ccc(-n2nc(N)cc2C)c([N+](=O)[O-])c1. The molecule has 88 valence electrons. The molecule has 2 rings (SSSR count). The van der Waals surface area contributed by atoms with Crippen molar-refractivity contribution in [2.75, 3.05) is 5.73 Å². The van der Waals surface area contributed by atoms with Crippen LogP contribution in [0.2, 0.25) is 0 Å². The molecular weight excluding hydrogens is 220 g/mol. The smallest absolute Gasteiger partial charge is 0.295 e. The minimum atomic E-state index is -0.417. The molecule has 0 spiro atoms. The number of nitro benzene ring substituents is 1. The number of rotatable bonds is 2. The summed E-state index contributed by atoms with van der Waals surface area (Å²) in [5.74, 6) is 0.345. The van der Waals surface area contributed by atoms with Gasteiger partial charge in [-0.1, -0.05) is 6.07 Å². The molecule has 0 saturated heterocycles. The molecule has 6 nitrogen and oxygen atoms in total. The summed E-state index contributed by atoms with van der Waals surface area (Å²) in [6, 6.07) is 6.67. The van der Waals surface area contributed by atoms with Crippen LogP contribution in [0.4, 0.5) is 11.5 Å². The van der Waals surface area contributed by atoms with Crippen LogP contribution in [0.25, 0.3) is 5.69 Å². The molecule has 17 heavy (non-hydrogen) atoms. The predicted octanol–water partition coefficient (Wildman–Crippen LogP) is 1.98. The van der Waals surface area contributed by atoms with Gasteiger partial charge in [0.2, 0.25) is 0 Å². The molecule has 0 fully saturated rings. The molecule has 0 atom stereocenters. The Labute approximate surface area is 97.8 Å². The zero-order valence-corrected chi connectivity index (χ0v) is 9.54. The molecule has 0 saturated carbocycles. The number of hydrogen-bond donors (Lipinski definition) is 1. The van der Waals surface area contributed by atoms with Crippen LogP contribution in [0.1, 0.15) is 11.3 Å². The number of nitro groups is 1. The van der Waals surface area contributed by atoms with Crippen molar-refractivity contribution in [3.8, 4) is 5.69 Å². The van der Waals surface area contributed by atoms with Gasteiger partial charge in [0.1, 0.15) is 11.5 Å². The quantitative estimate of drug-likeness (QED) is 0.633. The molecule has 0 unspecified atom stereocenters. The Bertz CT molecular complexity index is 589. The third kappa shape index (κ3) is 1.96. The van der Waals surface area contributed by atoms with E-state index < -0.39 is 4.92 Å². The second-order valence-corrected chi connectivity index (χ2v) is 3.87. The molecule has 1 heterocycles. The molecule has 2 aromatic rings. The van der Waals surface area contributed by atoms with Gasteiger partial charge in [0.25, 0.3) is 5.69 Å². The summed E-state index contributed by atoms with van der Waals surface area (Å²) in [6.07, 6.45) is 0. The molecule has 0 aliphatic carbocycles. The number of aromatic nitrogens is 2. The Morgan fingerprint density at radius 2 is 2.06 bits per heavy atom. The van der Waals surface area contributed by atoms with Gasteiger partial charge in [0, 0.05) is 17.8 Å². The normalized spacial score (nSPS) is 10.5.